The molecule has 0 saturated heterocycles. The maximum Gasteiger partial charge on any atom is 0.279 e. The lowest BCUT2D eigenvalue weighted by molar-refractivity contribution is 0.0997. The molecular weight excluding hydrogens is 292 g/mol. The van der Waals surface area contributed by atoms with E-state index in [1.807, 2.05) is 42.8 Å². The van der Waals surface area contributed by atoms with Crippen molar-refractivity contribution in [2.24, 2.45) is 12.0 Å². The smallest absolute Gasteiger partial charge is 0.279 e. The maximum absolute atomic E-state index is 12.4. The van der Waals surface area contributed by atoms with Crippen molar-refractivity contribution in [1.82, 2.24) is 4.57 Å². The number of benzene rings is 2. The molecule has 1 aromatic heterocycles. The molecule has 112 valence electrons. The van der Waals surface area contributed by atoms with E-state index >= 15 is 0 Å². The second-order valence-electron chi connectivity index (χ2n) is 5.53. The number of nitrogens with zero attached hydrogens (tertiary/aromatic N) is 2. The first-order chi connectivity index (χ1) is 10.5. The summed E-state index contributed by atoms with van der Waals surface area (Å²) in [5, 5.41) is 0. The summed E-state index contributed by atoms with van der Waals surface area (Å²) in [5.74, 6) is -0.186. The molecule has 2 aromatic carbocycles. The third-order valence-electron chi connectivity index (χ3n) is 4.06. The number of carbonyl (C=O) groups is 1. The molecule has 0 N–H and O–H groups in total. The van der Waals surface area contributed by atoms with Crippen LogP contribution in [0.3, 0.4) is 0 Å². The molecule has 4 heteroatoms. The Bertz CT molecular complexity index is 947. The molecule has 0 atom stereocenters. The van der Waals surface area contributed by atoms with Crippen molar-refractivity contribution in [3.05, 3.63) is 63.5 Å². The summed E-state index contributed by atoms with van der Waals surface area (Å²) < 4.78 is 3.17. The Morgan fingerprint density at radius 3 is 2.50 bits per heavy atom. The summed E-state index contributed by atoms with van der Waals surface area (Å²) in [4.78, 5) is 17.5. The quantitative estimate of drug-likeness (QED) is 0.671. The van der Waals surface area contributed by atoms with Gasteiger partial charge in [0.05, 0.1) is 10.2 Å². The second kappa shape index (κ2) is 5.54. The zero-order valence-corrected chi connectivity index (χ0v) is 14.0. The number of rotatable bonds is 1. The minimum atomic E-state index is -0.186. The Kier molecular flexibility index (Phi) is 3.71. The van der Waals surface area contributed by atoms with Crippen LogP contribution >= 0.6 is 11.3 Å². The van der Waals surface area contributed by atoms with Gasteiger partial charge in [-0.25, -0.2) is 0 Å². The highest BCUT2D eigenvalue weighted by Gasteiger charge is 2.10. The average Bonchev–Trinajstić information content (AvgIpc) is 2.80. The monoisotopic (exact) mass is 310 g/mol. The number of amides is 1. The van der Waals surface area contributed by atoms with Crippen LogP contribution in [0.1, 0.15) is 27.0 Å². The van der Waals surface area contributed by atoms with Gasteiger partial charge < -0.3 is 4.57 Å². The summed E-state index contributed by atoms with van der Waals surface area (Å²) in [6.45, 7) is 6.14. The summed E-state index contributed by atoms with van der Waals surface area (Å²) in [6, 6.07) is 11.8. The molecule has 3 aromatic rings. The molecule has 0 saturated carbocycles. The molecule has 1 heterocycles. The van der Waals surface area contributed by atoms with Gasteiger partial charge in [0, 0.05) is 12.6 Å². The number of fused-ring (bicyclic) bond motifs is 1. The molecule has 3 nitrogen and oxygen atoms in total. The fraction of sp³-hybridized carbons (Fsp3) is 0.222. The van der Waals surface area contributed by atoms with Crippen molar-refractivity contribution < 1.29 is 4.79 Å². The highest BCUT2D eigenvalue weighted by atomic mass is 32.1. The van der Waals surface area contributed by atoms with Gasteiger partial charge in [-0.1, -0.05) is 35.6 Å². The summed E-state index contributed by atoms with van der Waals surface area (Å²) >= 11 is 1.55. The highest BCUT2D eigenvalue weighted by Crippen LogP contribution is 2.23. The number of hydrogen-bond donors (Lipinski definition) is 0. The molecule has 22 heavy (non-hydrogen) atoms. The number of aromatic nitrogens is 1. The van der Waals surface area contributed by atoms with Crippen LogP contribution in [0.5, 0.6) is 0 Å². The van der Waals surface area contributed by atoms with E-state index in [1.54, 1.807) is 11.3 Å². The van der Waals surface area contributed by atoms with Crippen LogP contribution in [0.25, 0.3) is 10.2 Å². The third kappa shape index (κ3) is 2.40. The number of hydrogen-bond acceptors (Lipinski definition) is 2. The lowest BCUT2D eigenvalue weighted by Gasteiger charge is -2.03. The van der Waals surface area contributed by atoms with Crippen molar-refractivity contribution in [1.29, 1.82) is 0 Å². The van der Waals surface area contributed by atoms with E-state index in [4.69, 9.17) is 0 Å². The van der Waals surface area contributed by atoms with Crippen molar-refractivity contribution >= 4 is 27.5 Å². The van der Waals surface area contributed by atoms with E-state index < -0.39 is 0 Å². The van der Waals surface area contributed by atoms with Gasteiger partial charge in [-0.15, -0.1) is 0 Å². The van der Waals surface area contributed by atoms with Crippen LogP contribution in [0.2, 0.25) is 0 Å². The lowest BCUT2D eigenvalue weighted by atomic mass is 10.1. The molecule has 0 aliphatic rings. The average molecular weight is 310 g/mol. The molecule has 0 aliphatic heterocycles. The van der Waals surface area contributed by atoms with E-state index in [-0.39, 0.29) is 5.91 Å². The van der Waals surface area contributed by atoms with Gasteiger partial charge in [0.15, 0.2) is 4.80 Å². The SMILES string of the molecule is Cc1ccccc1C(=O)N=c1sc2ccc(C)c(C)c2n1C. The van der Waals surface area contributed by atoms with Gasteiger partial charge in [-0.05, 0) is 49.6 Å². The van der Waals surface area contributed by atoms with Crippen molar-refractivity contribution in [3.63, 3.8) is 0 Å². The number of thiazole rings is 1. The zero-order chi connectivity index (χ0) is 15.9. The Morgan fingerprint density at radius 2 is 1.77 bits per heavy atom. The van der Waals surface area contributed by atoms with E-state index in [0.29, 0.717) is 5.56 Å². The molecule has 1 amide bonds. The molecular formula is C18H18N2OS. The van der Waals surface area contributed by atoms with Gasteiger partial charge >= 0.3 is 0 Å². The van der Waals surface area contributed by atoms with E-state index in [0.717, 1.165) is 20.6 Å². The molecule has 0 spiro atoms. The first-order valence-corrected chi connectivity index (χ1v) is 8.01. The van der Waals surface area contributed by atoms with Gasteiger partial charge in [0.1, 0.15) is 0 Å². The van der Waals surface area contributed by atoms with Crippen molar-refractivity contribution in [3.8, 4) is 0 Å². The Morgan fingerprint density at radius 1 is 1.05 bits per heavy atom. The predicted octanol–water partition coefficient (Wildman–Crippen LogP) is 3.91. The first-order valence-electron chi connectivity index (χ1n) is 7.19. The van der Waals surface area contributed by atoms with Crippen molar-refractivity contribution in [2.45, 2.75) is 20.8 Å². The van der Waals surface area contributed by atoms with Crippen LogP contribution in [-0.4, -0.2) is 10.5 Å². The van der Waals surface area contributed by atoms with E-state index in [9.17, 15) is 4.79 Å². The summed E-state index contributed by atoms with van der Waals surface area (Å²) in [6.07, 6.45) is 0. The lowest BCUT2D eigenvalue weighted by Crippen LogP contribution is -2.14. The largest absolute Gasteiger partial charge is 0.319 e. The topological polar surface area (TPSA) is 34.4 Å². The second-order valence-corrected chi connectivity index (χ2v) is 6.54. The van der Waals surface area contributed by atoms with Crippen molar-refractivity contribution in [2.75, 3.05) is 0 Å². The van der Waals surface area contributed by atoms with E-state index in [2.05, 4.69) is 31.0 Å². The van der Waals surface area contributed by atoms with Gasteiger partial charge in [-0.3, -0.25) is 4.79 Å². The number of carbonyl (C=O) groups excluding carboxylic acids is 1. The van der Waals surface area contributed by atoms with Crippen LogP contribution in [0.15, 0.2) is 41.4 Å². The minimum absolute atomic E-state index is 0.186. The van der Waals surface area contributed by atoms with Gasteiger partial charge in [-0.2, -0.15) is 4.99 Å². The summed E-state index contributed by atoms with van der Waals surface area (Å²) in [5.41, 5.74) is 5.25. The Labute approximate surface area is 133 Å². The molecule has 3 rings (SSSR count). The first kappa shape index (κ1) is 14.7. The van der Waals surface area contributed by atoms with E-state index in [1.165, 1.54) is 11.1 Å². The van der Waals surface area contributed by atoms with Crippen LogP contribution in [-0.2, 0) is 7.05 Å². The molecule has 0 fully saturated rings. The minimum Gasteiger partial charge on any atom is -0.319 e. The van der Waals surface area contributed by atoms with Gasteiger partial charge in [0.2, 0.25) is 0 Å². The Hall–Kier alpha value is -2.20. The standard InChI is InChI=1S/C18H18N2OS/c1-11-9-10-15-16(13(11)3)20(4)18(22-15)19-17(21)14-8-6-5-7-12(14)2/h5-10H,1-4H3. The number of aryl methyl sites for hydroxylation is 4. The predicted molar refractivity (Wildman–Crippen MR) is 91.3 cm³/mol. The highest BCUT2D eigenvalue weighted by molar-refractivity contribution is 7.16. The molecule has 0 radical (unpaired) electrons. The molecule has 0 aliphatic carbocycles. The fourth-order valence-corrected chi connectivity index (χ4v) is 3.67. The van der Waals surface area contributed by atoms with Crippen LogP contribution < -0.4 is 4.80 Å². The van der Waals surface area contributed by atoms with Crippen LogP contribution in [0.4, 0.5) is 0 Å². The Balaban J connectivity index is 2.19. The zero-order valence-electron chi connectivity index (χ0n) is 13.2. The fourth-order valence-electron chi connectivity index (χ4n) is 2.60. The molecule has 0 unspecified atom stereocenters. The third-order valence-corrected chi connectivity index (χ3v) is 5.16. The summed E-state index contributed by atoms with van der Waals surface area (Å²) in [7, 11) is 1.97. The van der Waals surface area contributed by atoms with Crippen LogP contribution in [0, 0.1) is 20.8 Å². The van der Waals surface area contributed by atoms with Gasteiger partial charge in [0.25, 0.3) is 5.91 Å². The molecule has 0 bridgehead atoms. The normalized spacial score (nSPS) is 12.1. The maximum atomic E-state index is 12.4.